The monoisotopic (exact) mass is 218 g/mol. The molecule has 0 aliphatic rings. The van der Waals surface area contributed by atoms with Gasteiger partial charge in [-0.3, -0.25) is 0 Å². The van der Waals surface area contributed by atoms with Crippen LogP contribution >= 0.6 is 0 Å². The fourth-order valence-electron chi connectivity index (χ4n) is 1.33. The zero-order chi connectivity index (χ0) is 11.9. The SMILES string of the molecule is C=CCC=CCCC=CCC=CCCCC. The highest BCUT2D eigenvalue weighted by Crippen LogP contribution is 1.99. The van der Waals surface area contributed by atoms with Crippen molar-refractivity contribution in [1.82, 2.24) is 0 Å². The summed E-state index contributed by atoms with van der Waals surface area (Å²) in [4.78, 5) is 0. The van der Waals surface area contributed by atoms with Gasteiger partial charge in [0.05, 0.1) is 0 Å². The van der Waals surface area contributed by atoms with Gasteiger partial charge >= 0.3 is 0 Å². The normalized spacial score (nSPS) is 12.1. The van der Waals surface area contributed by atoms with Crippen molar-refractivity contribution < 1.29 is 0 Å². The maximum Gasteiger partial charge on any atom is -0.0169 e. The first-order chi connectivity index (χ1) is 7.91. The molecule has 0 spiro atoms. The predicted molar refractivity (Wildman–Crippen MR) is 75.6 cm³/mol. The highest BCUT2D eigenvalue weighted by molar-refractivity contribution is 4.95. The second-order valence-corrected chi connectivity index (χ2v) is 3.89. The molecular weight excluding hydrogens is 192 g/mol. The second kappa shape index (κ2) is 14.0. The Morgan fingerprint density at radius 1 is 0.750 bits per heavy atom. The van der Waals surface area contributed by atoms with Gasteiger partial charge in [0.25, 0.3) is 0 Å². The Balaban J connectivity index is 3.27. The third-order valence-corrected chi connectivity index (χ3v) is 2.30. The summed E-state index contributed by atoms with van der Waals surface area (Å²) in [6, 6.07) is 0. The van der Waals surface area contributed by atoms with Crippen LogP contribution < -0.4 is 0 Å². The van der Waals surface area contributed by atoms with Crippen molar-refractivity contribution >= 4 is 0 Å². The van der Waals surface area contributed by atoms with E-state index in [0.29, 0.717) is 0 Å². The molecule has 0 atom stereocenters. The lowest BCUT2D eigenvalue weighted by Crippen LogP contribution is -1.68. The first-order valence-corrected chi connectivity index (χ1v) is 6.47. The standard InChI is InChI=1S/C16H26/c1-3-5-7-9-11-13-15-16-14-12-10-8-6-4-2/h3,7,9-10,12,15-16H,1,4-6,8,11,13-14H2,2H3. The maximum absolute atomic E-state index is 3.68. The summed E-state index contributed by atoms with van der Waals surface area (Å²) < 4.78 is 0. The number of allylic oxidation sites excluding steroid dienone is 7. The third kappa shape index (κ3) is 13.0. The van der Waals surface area contributed by atoms with Crippen LogP contribution in [0.3, 0.4) is 0 Å². The molecule has 0 unspecified atom stereocenters. The Bertz CT molecular complexity index is 218. The molecule has 0 aromatic heterocycles. The Morgan fingerprint density at radius 2 is 1.31 bits per heavy atom. The molecule has 0 N–H and O–H groups in total. The van der Waals surface area contributed by atoms with Gasteiger partial charge in [0.2, 0.25) is 0 Å². The van der Waals surface area contributed by atoms with Crippen LogP contribution in [0.25, 0.3) is 0 Å². The summed E-state index contributed by atoms with van der Waals surface area (Å²) in [5, 5.41) is 0. The number of hydrogen-bond donors (Lipinski definition) is 0. The molecule has 0 heteroatoms. The van der Waals surface area contributed by atoms with E-state index >= 15 is 0 Å². The van der Waals surface area contributed by atoms with Crippen LogP contribution in [-0.4, -0.2) is 0 Å². The van der Waals surface area contributed by atoms with Crippen LogP contribution in [-0.2, 0) is 0 Å². The Morgan fingerprint density at radius 3 is 1.88 bits per heavy atom. The summed E-state index contributed by atoms with van der Waals surface area (Å²) in [5.74, 6) is 0. The van der Waals surface area contributed by atoms with Gasteiger partial charge in [0, 0.05) is 0 Å². The van der Waals surface area contributed by atoms with E-state index in [4.69, 9.17) is 0 Å². The molecule has 0 aromatic carbocycles. The van der Waals surface area contributed by atoms with Gasteiger partial charge in [-0.25, -0.2) is 0 Å². The zero-order valence-electron chi connectivity index (χ0n) is 10.7. The van der Waals surface area contributed by atoms with Gasteiger partial charge in [-0.1, -0.05) is 62.3 Å². The highest BCUT2D eigenvalue weighted by Gasteiger charge is 1.78. The van der Waals surface area contributed by atoms with Gasteiger partial charge < -0.3 is 0 Å². The molecular formula is C16H26. The van der Waals surface area contributed by atoms with E-state index in [2.05, 4.69) is 50.0 Å². The van der Waals surface area contributed by atoms with Crippen LogP contribution in [0.15, 0.2) is 49.1 Å². The average Bonchev–Trinajstić information content (AvgIpc) is 2.31. The maximum atomic E-state index is 3.68. The Kier molecular flexibility index (Phi) is 13.1. The van der Waals surface area contributed by atoms with Crippen molar-refractivity contribution in [2.24, 2.45) is 0 Å². The summed E-state index contributed by atoms with van der Waals surface area (Å²) in [7, 11) is 0. The van der Waals surface area contributed by atoms with Crippen LogP contribution in [0.5, 0.6) is 0 Å². The van der Waals surface area contributed by atoms with E-state index in [-0.39, 0.29) is 0 Å². The average molecular weight is 218 g/mol. The molecule has 90 valence electrons. The van der Waals surface area contributed by atoms with E-state index in [1.165, 1.54) is 19.3 Å². The Hall–Kier alpha value is -1.04. The van der Waals surface area contributed by atoms with Gasteiger partial charge in [0.1, 0.15) is 0 Å². The predicted octanol–water partition coefficient (Wildman–Crippen LogP) is 5.59. The number of hydrogen-bond acceptors (Lipinski definition) is 0. The quantitative estimate of drug-likeness (QED) is 0.331. The van der Waals surface area contributed by atoms with E-state index in [9.17, 15) is 0 Å². The van der Waals surface area contributed by atoms with E-state index in [0.717, 1.165) is 25.7 Å². The van der Waals surface area contributed by atoms with Crippen molar-refractivity contribution in [3.05, 3.63) is 49.1 Å². The lowest BCUT2D eigenvalue weighted by molar-refractivity contribution is 0.813. The minimum atomic E-state index is 0.990. The van der Waals surface area contributed by atoms with Crippen molar-refractivity contribution in [1.29, 1.82) is 0 Å². The van der Waals surface area contributed by atoms with Crippen LogP contribution in [0.1, 0.15) is 51.9 Å². The smallest absolute Gasteiger partial charge is 0.0169 e. The van der Waals surface area contributed by atoms with E-state index < -0.39 is 0 Å². The van der Waals surface area contributed by atoms with Crippen LogP contribution in [0.2, 0.25) is 0 Å². The molecule has 0 aliphatic heterocycles. The summed E-state index contributed by atoms with van der Waals surface area (Å²) in [6.45, 7) is 5.91. The Labute approximate surface area is 101 Å². The topological polar surface area (TPSA) is 0 Å². The van der Waals surface area contributed by atoms with Gasteiger partial charge in [0.15, 0.2) is 0 Å². The van der Waals surface area contributed by atoms with Crippen molar-refractivity contribution in [2.45, 2.75) is 51.9 Å². The van der Waals surface area contributed by atoms with Crippen molar-refractivity contribution in [3.63, 3.8) is 0 Å². The first kappa shape index (κ1) is 15.0. The molecule has 0 nitrogen and oxygen atoms in total. The molecule has 0 saturated carbocycles. The summed E-state index contributed by atoms with van der Waals surface area (Å²) in [6.07, 6.45) is 23.6. The van der Waals surface area contributed by atoms with Crippen molar-refractivity contribution in [3.8, 4) is 0 Å². The molecule has 0 bridgehead atoms. The minimum Gasteiger partial charge on any atom is -0.103 e. The fourth-order valence-corrected chi connectivity index (χ4v) is 1.33. The molecule has 16 heavy (non-hydrogen) atoms. The number of rotatable bonds is 10. The lowest BCUT2D eigenvalue weighted by atomic mass is 10.2. The number of unbranched alkanes of at least 4 members (excludes halogenated alkanes) is 3. The van der Waals surface area contributed by atoms with Gasteiger partial charge in [-0.15, -0.1) is 6.58 Å². The molecule has 0 saturated heterocycles. The summed E-state index contributed by atoms with van der Waals surface area (Å²) >= 11 is 0. The summed E-state index contributed by atoms with van der Waals surface area (Å²) in [5.41, 5.74) is 0. The zero-order valence-corrected chi connectivity index (χ0v) is 10.7. The van der Waals surface area contributed by atoms with Gasteiger partial charge in [-0.05, 0) is 32.1 Å². The molecule has 0 radical (unpaired) electrons. The third-order valence-electron chi connectivity index (χ3n) is 2.30. The molecule has 0 fully saturated rings. The van der Waals surface area contributed by atoms with Crippen molar-refractivity contribution in [2.75, 3.05) is 0 Å². The fraction of sp³-hybridized carbons (Fsp3) is 0.500. The largest absolute Gasteiger partial charge is 0.103 e. The molecule has 0 aliphatic carbocycles. The lowest BCUT2D eigenvalue weighted by Gasteiger charge is -1.88. The second-order valence-electron chi connectivity index (χ2n) is 3.89. The van der Waals surface area contributed by atoms with E-state index in [1.807, 2.05) is 6.08 Å². The first-order valence-electron chi connectivity index (χ1n) is 6.47. The minimum absolute atomic E-state index is 0.990. The van der Waals surface area contributed by atoms with Gasteiger partial charge in [-0.2, -0.15) is 0 Å². The van der Waals surface area contributed by atoms with Crippen LogP contribution in [0.4, 0.5) is 0 Å². The highest BCUT2D eigenvalue weighted by atomic mass is 13.8. The molecule has 0 aromatic rings. The van der Waals surface area contributed by atoms with E-state index in [1.54, 1.807) is 0 Å². The van der Waals surface area contributed by atoms with Crippen LogP contribution in [0, 0.1) is 0 Å². The molecule has 0 amide bonds. The molecule has 0 heterocycles. The molecule has 0 rings (SSSR count).